The minimum Gasteiger partial charge on any atom is -0.488 e. The maximum absolute atomic E-state index is 12.7. The third kappa shape index (κ3) is 3.95. The number of halogens is 3. The van der Waals surface area contributed by atoms with E-state index < -0.39 is 11.7 Å². The first kappa shape index (κ1) is 15.3. The summed E-state index contributed by atoms with van der Waals surface area (Å²) >= 11 is 4.79. The number of thiocarbonyl (C=S) groups is 1. The van der Waals surface area contributed by atoms with Crippen LogP contribution >= 0.6 is 12.2 Å². The molecule has 2 nitrogen and oxygen atoms in total. The fraction of sp³-hybridized carbons (Fsp3) is 0.133. The van der Waals surface area contributed by atoms with E-state index in [-0.39, 0.29) is 22.9 Å². The summed E-state index contributed by atoms with van der Waals surface area (Å²) in [6, 6.07) is 12.3. The van der Waals surface area contributed by atoms with Gasteiger partial charge in [-0.25, -0.2) is 0 Å². The monoisotopic (exact) mass is 311 g/mol. The average Bonchev–Trinajstić information content (AvgIpc) is 2.45. The second kappa shape index (κ2) is 6.13. The second-order valence-electron chi connectivity index (χ2n) is 4.35. The highest BCUT2D eigenvalue weighted by Crippen LogP contribution is 2.32. The maximum atomic E-state index is 12.7. The zero-order valence-corrected chi connectivity index (χ0v) is 11.7. The predicted molar refractivity (Wildman–Crippen MR) is 78.1 cm³/mol. The first-order valence-electron chi connectivity index (χ1n) is 6.05. The highest BCUT2D eigenvalue weighted by molar-refractivity contribution is 7.80. The number of nitrogens with two attached hydrogens (primary N) is 1. The van der Waals surface area contributed by atoms with Crippen molar-refractivity contribution >= 4 is 17.2 Å². The number of ether oxygens (including phenoxy) is 1. The van der Waals surface area contributed by atoms with E-state index in [2.05, 4.69) is 0 Å². The van der Waals surface area contributed by atoms with Crippen molar-refractivity contribution in [3.8, 4) is 5.75 Å². The van der Waals surface area contributed by atoms with Crippen molar-refractivity contribution in [3.05, 3.63) is 65.2 Å². The van der Waals surface area contributed by atoms with Gasteiger partial charge >= 0.3 is 6.18 Å². The zero-order chi connectivity index (χ0) is 15.5. The molecule has 0 heterocycles. The molecule has 0 amide bonds. The number of hydrogen-bond acceptors (Lipinski definition) is 2. The molecule has 0 fully saturated rings. The van der Waals surface area contributed by atoms with Crippen LogP contribution in [0.2, 0.25) is 0 Å². The molecule has 2 N–H and O–H groups in total. The molecule has 0 bridgehead atoms. The summed E-state index contributed by atoms with van der Waals surface area (Å²) in [7, 11) is 0. The molecule has 21 heavy (non-hydrogen) atoms. The normalized spacial score (nSPS) is 11.2. The summed E-state index contributed by atoms with van der Waals surface area (Å²) in [5.74, 6) is 0.236. The van der Waals surface area contributed by atoms with Gasteiger partial charge in [-0.1, -0.05) is 42.5 Å². The molecular formula is C15H12F3NOS. The van der Waals surface area contributed by atoms with Crippen molar-refractivity contribution < 1.29 is 17.9 Å². The van der Waals surface area contributed by atoms with Gasteiger partial charge in [-0.05, 0) is 23.8 Å². The van der Waals surface area contributed by atoms with Gasteiger partial charge in [-0.15, -0.1) is 0 Å². The van der Waals surface area contributed by atoms with Crippen LogP contribution in [0, 0.1) is 0 Å². The van der Waals surface area contributed by atoms with E-state index in [4.69, 9.17) is 22.7 Å². The van der Waals surface area contributed by atoms with Crippen molar-refractivity contribution in [2.45, 2.75) is 12.8 Å². The molecule has 0 aliphatic rings. The summed E-state index contributed by atoms with van der Waals surface area (Å²) in [5.41, 5.74) is 5.65. The molecule has 0 spiro atoms. The number of benzene rings is 2. The Morgan fingerprint density at radius 1 is 1.10 bits per heavy atom. The van der Waals surface area contributed by atoms with E-state index in [1.165, 1.54) is 6.07 Å². The van der Waals surface area contributed by atoms with Crippen molar-refractivity contribution in [1.82, 2.24) is 0 Å². The Hall–Kier alpha value is -2.08. The van der Waals surface area contributed by atoms with Gasteiger partial charge in [0.2, 0.25) is 0 Å². The molecule has 0 atom stereocenters. The Morgan fingerprint density at radius 2 is 1.76 bits per heavy atom. The van der Waals surface area contributed by atoms with Crippen LogP contribution in [0.4, 0.5) is 13.2 Å². The Labute approximate surface area is 125 Å². The first-order valence-corrected chi connectivity index (χ1v) is 6.46. The molecule has 0 saturated carbocycles. The highest BCUT2D eigenvalue weighted by atomic mass is 32.1. The van der Waals surface area contributed by atoms with Crippen LogP contribution < -0.4 is 10.5 Å². The molecule has 110 valence electrons. The fourth-order valence-electron chi connectivity index (χ4n) is 1.76. The molecule has 6 heteroatoms. The molecule has 0 aliphatic carbocycles. The van der Waals surface area contributed by atoms with Gasteiger partial charge in [-0.3, -0.25) is 0 Å². The number of rotatable bonds is 4. The maximum Gasteiger partial charge on any atom is 0.416 e. The minimum atomic E-state index is -4.45. The van der Waals surface area contributed by atoms with E-state index in [0.717, 1.165) is 17.7 Å². The first-order chi connectivity index (χ1) is 9.88. The fourth-order valence-corrected chi connectivity index (χ4v) is 1.92. The molecular weight excluding hydrogens is 299 g/mol. The van der Waals surface area contributed by atoms with Crippen molar-refractivity contribution in [1.29, 1.82) is 0 Å². The highest BCUT2D eigenvalue weighted by Gasteiger charge is 2.31. The third-order valence-electron chi connectivity index (χ3n) is 2.81. The van der Waals surface area contributed by atoms with Crippen LogP contribution in [-0.2, 0) is 12.8 Å². The Kier molecular flexibility index (Phi) is 4.47. The third-order valence-corrected chi connectivity index (χ3v) is 3.03. The van der Waals surface area contributed by atoms with E-state index in [0.29, 0.717) is 0 Å². The second-order valence-corrected chi connectivity index (χ2v) is 4.79. The molecule has 0 aromatic heterocycles. The molecule has 0 aliphatic heterocycles. The largest absolute Gasteiger partial charge is 0.488 e. The Balaban J connectivity index is 2.25. The van der Waals surface area contributed by atoms with Crippen molar-refractivity contribution in [3.63, 3.8) is 0 Å². The van der Waals surface area contributed by atoms with Crippen LogP contribution in [0.3, 0.4) is 0 Å². The van der Waals surface area contributed by atoms with Crippen LogP contribution in [0.1, 0.15) is 16.7 Å². The Bertz CT molecular complexity index is 641. The van der Waals surface area contributed by atoms with Crippen molar-refractivity contribution in [2.24, 2.45) is 5.73 Å². The van der Waals surface area contributed by atoms with Crippen LogP contribution in [-0.4, -0.2) is 4.99 Å². The van der Waals surface area contributed by atoms with Gasteiger partial charge < -0.3 is 10.5 Å². The van der Waals surface area contributed by atoms with Crippen LogP contribution in [0.5, 0.6) is 5.75 Å². The summed E-state index contributed by atoms with van der Waals surface area (Å²) in [6.45, 7) is 0.224. The van der Waals surface area contributed by atoms with Gasteiger partial charge in [0, 0.05) is 0 Å². The average molecular weight is 311 g/mol. The quantitative estimate of drug-likeness (QED) is 0.869. The van der Waals surface area contributed by atoms with Crippen molar-refractivity contribution in [2.75, 3.05) is 0 Å². The number of hydrogen-bond donors (Lipinski definition) is 1. The van der Waals surface area contributed by atoms with Gasteiger partial charge in [0.05, 0.1) is 11.1 Å². The molecule has 0 radical (unpaired) electrons. The van der Waals surface area contributed by atoms with Gasteiger partial charge in [0.15, 0.2) is 0 Å². The summed E-state index contributed by atoms with van der Waals surface area (Å²) in [5, 5.41) is 0. The SMILES string of the molecule is NC(=S)c1cc(C(F)(F)F)ccc1OCc1ccccc1. The van der Waals surface area contributed by atoms with E-state index in [1.54, 1.807) is 0 Å². The molecule has 0 saturated heterocycles. The molecule has 0 unspecified atom stereocenters. The lowest BCUT2D eigenvalue weighted by Gasteiger charge is -2.14. The lowest BCUT2D eigenvalue weighted by atomic mass is 10.1. The standard InChI is InChI=1S/C15H12F3NOS/c16-15(17,18)11-6-7-13(12(8-11)14(19)21)20-9-10-4-2-1-3-5-10/h1-8H,9H2,(H2,19,21). The lowest BCUT2D eigenvalue weighted by Crippen LogP contribution is -2.14. The smallest absolute Gasteiger partial charge is 0.416 e. The summed E-state index contributed by atoms with van der Waals surface area (Å²) in [6.07, 6.45) is -4.45. The van der Waals surface area contributed by atoms with E-state index in [1.807, 2.05) is 30.3 Å². The molecule has 2 aromatic rings. The topological polar surface area (TPSA) is 35.2 Å². The van der Waals surface area contributed by atoms with E-state index >= 15 is 0 Å². The van der Waals surface area contributed by atoms with Crippen LogP contribution in [0.15, 0.2) is 48.5 Å². The van der Waals surface area contributed by atoms with E-state index in [9.17, 15) is 13.2 Å². The van der Waals surface area contributed by atoms with Crippen LogP contribution in [0.25, 0.3) is 0 Å². The summed E-state index contributed by atoms with van der Waals surface area (Å²) < 4.78 is 43.6. The minimum absolute atomic E-state index is 0.0794. The van der Waals surface area contributed by atoms with Gasteiger partial charge in [0.25, 0.3) is 0 Å². The van der Waals surface area contributed by atoms with Gasteiger partial charge in [-0.2, -0.15) is 13.2 Å². The van der Waals surface area contributed by atoms with Gasteiger partial charge in [0.1, 0.15) is 17.3 Å². The summed E-state index contributed by atoms with van der Waals surface area (Å²) in [4.78, 5) is -0.135. The Morgan fingerprint density at radius 3 is 2.33 bits per heavy atom. The molecule has 2 aromatic carbocycles. The number of alkyl halides is 3. The lowest BCUT2D eigenvalue weighted by molar-refractivity contribution is -0.137. The predicted octanol–water partition coefficient (Wildman–Crippen LogP) is 3.92. The molecule has 2 rings (SSSR count). The zero-order valence-electron chi connectivity index (χ0n) is 10.9.